The summed E-state index contributed by atoms with van der Waals surface area (Å²) in [4.78, 5) is 35.3. The molecule has 0 heterocycles. The molecule has 0 spiro atoms. The van der Waals surface area contributed by atoms with Crippen LogP contribution in [0.4, 0.5) is 0 Å². The summed E-state index contributed by atoms with van der Waals surface area (Å²) < 4.78 is 22.1. The molecular weight excluding hydrogens is 552 g/mol. The second kappa shape index (κ2) is 12.7. The molecule has 0 aliphatic rings. The number of hydrogen-bond donors (Lipinski definition) is 0. The number of rotatable bonds is 10. The van der Waals surface area contributed by atoms with E-state index in [9.17, 15) is 14.4 Å². The highest BCUT2D eigenvalue weighted by Crippen LogP contribution is 2.50. The van der Waals surface area contributed by atoms with Gasteiger partial charge in [-0.2, -0.15) is 0 Å². The van der Waals surface area contributed by atoms with Crippen LogP contribution in [0.15, 0.2) is 48.5 Å². The first-order valence-electron chi connectivity index (χ1n) is 11.4. The lowest BCUT2D eigenvalue weighted by Crippen LogP contribution is -2.20. The van der Waals surface area contributed by atoms with Gasteiger partial charge in [0.05, 0.1) is 6.61 Å². The van der Waals surface area contributed by atoms with Crippen molar-refractivity contribution < 1.29 is 33.3 Å². The molecule has 1 atom stereocenters. The number of unbranched alkanes of at least 4 members (excludes halogenated alkanes) is 1. The van der Waals surface area contributed by atoms with Gasteiger partial charge in [0.1, 0.15) is 15.6 Å². The van der Waals surface area contributed by atoms with Gasteiger partial charge in [0.15, 0.2) is 17.2 Å². The van der Waals surface area contributed by atoms with Crippen LogP contribution >= 0.6 is 27.5 Å². The Kier molecular flexibility index (Phi) is 9.73. The molecule has 1 unspecified atom stereocenters. The van der Waals surface area contributed by atoms with Gasteiger partial charge in [0.2, 0.25) is 0 Å². The average Bonchev–Trinajstić information content (AvgIpc) is 2.84. The quantitative estimate of drug-likeness (QED) is 0.113. The predicted molar refractivity (Wildman–Crippen MR) is 140 cm³/mol. The van der Waals surface area contributed by atoms with Crippen molar-refractivity contribution in [1.29, 1.82) is 0 Å². The molecule has 0 aliphatic carbocycles. The standard InChI is InChI=1S/C27H26BrClO7/c1-4-5-14-33-27(32)22(28)15-18-10-12-19(13-11-18)36-26-23(29)24(34-16(2)30)20-8-6-7-9-21(20)25(26)35-17(3)31/h6-13,22H,4-5,14-15H2,1-3H3. The fraction of sp³-hybridized carbons (Fsp3) is 0.296. The zero-order valence-corrected chi connectivity index (χ0v) is 22.5. The average molecular weight is 578 g/mol. The first kappa shape index (κ1) is 27.5. The van der Waals surface area contributed by atoms with E-state index in [4.69, 9.17) is 30.5 Å². The molecule has 0 aromatic heterocycles. The molecule has 0 radical (unpaired) electrons. The summed E-state index contributed by atoms with van der Waals surface area (Å²) in [6.45, 7) is 4.96. The SMILES string of the molecule is CCCCOC(=O)C(Br)Cc1ccc(Oc2c(Cl)c(OC(C)=O)c3ccccc3c2OC(C)=O)cc1. The molecule has 190 valence electrons. The maximum absolute atomic E-state index is 12.1. The van der Waals surface area contributed by atoms with Crippen LogP contribution < -0.4 is 14.2 Å². The minimum Gasteiger partial charge on any atom is -0.465 e. The minimum atomic E-state index is -0.564. The summed E-state index contributed by atoms with van der Waals surface area (Å²) in [5.41, 5.74) is 0.877. The highest BCUT2D eigenvalue weighted by Gasteiger charge is 2.25. The van der Waals surface area contributed by atoms with Crippen molar-refractivity contribution in [2.45, 2.75) is 44.9 Å². The number of fused-ring (bicyclic) bond motifs is 1. The van der Waals surface area contributed by atoms with Crippen molar-refractivity contribution in [2.24, 2.45) is 0 Å². The van der Waals surface area contributed by atoms with Gasteiger partial charge in [-0.05, 0) is 30.5 Å². The van der Waals surface area contributed by atoms with Crippen molar-refractivity contribution in [3.8, 4) is 23.0 Å². The van der Waals surface area contributed by atoms with E-state index in [0.717, 1.165) is 18.4 Å². The Bertz CT molecular complexity index is 1260. The summed E-state index contributed by atoms with van der Waals surface area (Å²) in [6, 6.07) is 13.9. The van der Waals surface area contributed by atoms with Gasteiger partial charge in [0.25, 0.3) is 0 Å². The summed E-state index contributed by atoms with van der Waals surface area (Å²) in [5.74, 6) is -0.789. The molecule has 36 heavy (non-hydrogen) atoms. The third-order valence-electron chi connectivity index (χ3n) is 5.07. The number of ether oxygens (including phenoxy) is 4. The topological polar surface area (TPSA) is 88.1 Å². The zero-order chi connectivity index (χ0) is 26.2. The van der Waals surface area contributed by atoms with Gasteiger partial charge < -0.3 is 18.9 Å². The lowest BCUT2D eigenvalue weighted by molar-refractivity contribution is -0.143. The number of halogens is 2. The summed E-state index contributed by atoms with van der Waals surface area (Å²) >= 11 is 9.99. The molecule has 0 fully saturated rings. The zero-order valence-electron chi connectivity index (χ0n) is 20.1. The van der Waals surface area contributed by atoms with E-state index in [1.165, 1.54) is 13.8 Å². The van der Waals surface area contributed by atoms with Crippen LogP contribution in [0.1, 0.15) is 39.2 Å². The Morgan fingerprint density at radius 3 is 2.06 bits per heavy atom. The Morgan fingerprint density at radius 2 is 1.47 bits per heavy atom. The molecular formula is C27H26BrClO7. The molecule has 9 heteroatoms. The van der Waals surface area contributed by atoms with Gasteiger partial charge in [0, 0.05) is 24.6 Å². The van der Waals surface area contributed by atoms with Crippen LogP contribution in [0.5, 0.6) is 23.0 Å². The smallest absolute Gasteiger partial charge is 0.320 e. The highest BCUT2D eigenvalue weighted by molar-refractivity contribution is 9.10. The summed E-state index contributed by atoms with van der Waals surface area (Å²) in [7, 11) is 0. The van der Waals surface area contributed by atoms with Gasteiger partial charge in [-0.3, -0.25) is 14.4 Å². The monoisotopic (exact) mass is 576 g/mol. The number of esters is 3. The summed E-state index contributed by atoms with van der Waals surface area (Å²) in [6.07, 6.45) is 2.20. The third kappa shape index (κ3) is 6.98. The van der Waals surface area contributed by atoms with Crippen LogP contribution in [0.25, 0.3) is 10.8 Å². The summed E-state index contributed by atoms with van der Waals surface area (Å²) in [5, 5.41) is 0.967. The van der Waals surface area contributed by atoms with Crippen molar-refractivity contribution >= 4 is 56.2 Å². The fourth-order valence-electron chi connectivity index (χ4n) is 3.41. The Balaban J connectivity index is 1.91. The highest BCUT2D eigenvalue weighted by atomic mass is 79.9. The molecule has 0 amide bonds. The third-order valence-corrected chi connectivity index (χ3v) is 6.11. The van der Waals surface area contributed by atoms with E-state index >= 15 is 0 Å². The second-order valence-electron chi connectivity index (χ2n) is 7.97. The van der Waals surface area contributed by atoms with Gasteiger partial charge in [-0.1, -0.05) is 77.3 Å². The first-order valence-corrected chi connectivity index (χ1v) is 12.7. The Hall–Kier alpha value is -3.10. The molecule has 0 N–H and O–H groups in total. The minimum absolute atomic E-state index is 0.0143. The van der Waals surface area contributed by atoms with E-state index in [-0.39, 0.29) is 28.2 Å². The van der Waals surface area contributed by atoms with E-state index in [1.54, 1.807) is 48.5 Å². The first-order chi connectivity index (χ1) is 17.2. The molecule has 3 aromatic rings. The van der Waals surface area contributed by atoms with Crippen LogP contribution in [0.3, 0.4) is 0 Å². The fourth-order valence-corrected chi connectivity index (χ4v) is 4.18. The number of carbonyl (C=O) groups is 3. The van der Waals surface area contributed by atoms with E-state index in [2.05, 4.69) is 15.9 Å². The van der Waals surface area contributed by atoms with Crippen LogP contribution in [-0.4, -0.2) is 29.3 Å². The molecule has 0 saturated heterocycles. The Labute approximate surface area is 222 Å². The number of alkyl halides is 1. The molecule has 3 rings (SSSR count). The normalized spacial score (nSPS) is 11.6. The molecule has 7 nitrogen and oxygen atoms in total. The largest absolute Gasteiger partial charge is 0.465 e. The number of carbonyl (C=O) groups excluding carboxylic acids is 3. The van der Waals surface area contributed by atoms with Crippen molar-refractivity contribution in [3.05, 3.63) is 59.1 Å². The van der Waals surface area contributed by atoms with E-state index < -0.39 is 16.8 Å². The predicted octanol–water partition coefficient (Wildman–Crippen LogP) is 6.79. The lowest BCUT2D eigenvalue weighted by Gasteiger charge is -2.18. The maximum Gasteiger partial charge on any atom is 0.320 e. The molecule has 3 aromatic carbocycles. The van der Waals surface area contributed by atoms with Crippen LogP contribution in [0.2, 0.25) is 5.02 Å². The maximum atomic E-state index is 12.1. The van der Waals surface area contributed by atoms with Gasteiger partial charge >= 0.3 is 17.9 Å². The van der Waals surface area contributed by atoms with E-state index in [0.29, 0.717) is 29.5 Å². The Morgan fingerprint density at radius 1 is 0.889 bits per heavy atom. The second-order valence-corrected chi connectivity index (χ2v) is 9.46. The molecule has 0 bridgehead atoms. The van der Waals surface area contributed by atoms with Crippen LogP contribution in [0, 0.1) is 0 Å². The number of benzene rings is 3. The van der Waals surface area contributed by atoms with Gasteiger partial charge in [-0.15, -0.1) is 0 Å². The molecule has 0 aliphatic heterocycles. The van der Waals surface area contributed by atoms with Crippen molar-refractivity contribution in [2.75, 3.05) is 6.61 Å². The van der Waals surface area contributed by atoms with E-state index in [1.807, 2.05) is 6.92 Å². The van der Waals surface area contributed by atoms with Crippen LogP contribution in [-0.2, 0) is 25.5 Å². The van der Waals surface area contributed by atoms with Crippen molar-refractivity contribution in [1.82, 2.24) is 0 Å². The van der Waals surface area contributed by atoms with Crippen molar-refractivity contribution in [3.63, 3.8) is 0 Å². The van der Waals surface area contributed by atoms with Gasteiger partial charge in [-0.25, -0.2) is 0 Å². The number of hydrogen-bond acceptors (Lipinski definition) is 7. The molecule has 0 saturated carbocycles. The lowest BCUT2D eigenvalue weighted by atomic mass is 10.1.